The Labute approximate surface area is 182 Å². The fourth-order valence-corrected chi connectivity index (χ4v) is 5.26. The van der Waals surface area contributed by atoms with Crippen molar-refractivity contribution in [2.24, 2.45) is 0 Å². The predicted octanol–water partition coefficient (Wildman–Crippen LogP) is 3.85. The lowest BCUT2D eigenvalue weighted by molar-refractivity contribution is 0.186. The molecule has 0 atom stereocenters. The number of methoxy groups -OCH3 is 1. The van der Waals surface area contributed by atoms with Crippen molar-refractivity contribution in [1.29, 1.82) is 0 Å². The molecule has 2 amide bonds. The van der Waals surface area contributed by atoms with Gasteiger partial charge in [-0.1, -0.05) is 36.4 Å². The smallest absolute Gasteiger partial charge is 0.322 e. The summed E-state index contributed by atoms with van der Waals surface area (Å²) < 4.78 is 6.68. The molecule has 0 unspecified atom stereocenters. The van der Waals surface area contributed by atoms with E-state index < -0.39 is 0 Å². The molecule has 3 heterocycles. The van der Waals surface area contributed by atoms with Crippen LogP contribution in [-0.4, -0.2) is 40.7 Å². The van der Waals surface area contributed by atoms with Crippen molar-refractivity contribution in [1.82, 2.24) is 14.5 Å². The summed E-state index contributed by atoms with van der Waals surface area (Å²) in [5, 5.41) is 5.84. The highest BCUT2D eigenvalue weighted by molar-refractivity contribution is 7.18. The van der Waals surface area contributed by atoms with Crippen LogP contribution in [0.4, 0.5) is 10.5 Å². The lowest BCUT2D eigenvalue weighted by atomic mass is 10.1. The number of rotatable bonds is 4. The molecule has 4 aromatic rings. The van der Waals surface area contributed by atoms with E-state index in [0.29, 0.717) is 38.0 Å². The van der Waals surface area contributed by atoms with Crippen LogP contribution in [0, 0.1) is 0 Å². The third-order valence-electron chi connectivity index (χ3n) is 5.68. The second-order valence-electron chi connectivity index (χ2n) is 7.55. The van der Waals surface area contributed by atoms with Crippen LogP contribution >= 0.6 is 11.3 Å². The van der Waals surface area contributed by atoms with E-state index >= 15 is 0 Å². The van der Waals surface area contributed by atoms with E-state index in [0.717, 1.165) is 31.7 Å². The first-order valence-corrected chi connectivity index (χ1v) is 11.0. The summed E-state index contributed by atoms with van der Waals surface area (Å²) in [6.07, 6.45) is 2.22. The van der Waals surface area contributed by atoms with Gasteiger partial charge in [0, 0.05) is 23.9 Å². The zero-order valence-corrected chi connectivity index (χ0v) is 17.9. The summed E-state index contributed by atoms with van der Waals surface area (Å²) in [6.45, 7) is 1.97. The minimum atomic E-state index is -0.134. The van der Waals surface area contributed by atoms with Crippen LogP contribution in [0.25, 0.3) is 21.0 Å². The van der Waals surface area contributed by atoms with Crippen molar-refractivity contribution in [3.8, 4) is 0 Å². The lowest BCUT2D eigenvalue weighted by Crippen LogP contribution is -2.38. The number of amides is 2. The van der Waals surface area contributed by atoms with Crippen LogP contribution < -0.4 is 10.9 Å². The van der Waals surface area contributed by atoms with Crippen molar-refractivity contribution in [2.45, 2.75) is 19.5 Å². The minimum Gasteiger partial charge on any atom is -0.383 e. The van der Waals surface area contributed by atoms with Crippen molar-refractivity contribution >= 4 is 44.0 Å². The van der Waals surface area contributed by atoms with Crippen LogP contribution in [0.5, 0.6) is 0 Å². The Morgan fingerprint density at radius 1 is 1.23 bits per heavy atom. The van der Waals surface area contributed by atoms with Crippen molar-refractivity contribution < 1.29 is 9.53 Å². The normalized spacial score (nSPS) is 13.5. The van der Waals surface area contributed by atoms with Gasteiger partial charge in [0.1, 0.15) is 4.83 Å². The van der Waals surface area contributed by atoms with Gasteiger partial charge < -0.3 is 15.0 Å². The molecule has 5 rings (SSSR count). The molecule has 2 aromatic heterocycles. The molecule has 1 N–H and O–H groups in total. The fraction of sp³-hybridized carbons (Fsp3) is 0.261. The van der Waals surface area contributed by atoms with Crippen molar-refractivity contribution in [3.63, 3.8) is 0 Å². The third kappa shape index (κ3) is 3.58. The standard InChI is InChI=1S/C23H22N4O3S/c1-30-12-11-27-14-24-21-20(22(27)28)17-9-10-26(13-19(17)31-21)23(29)25-18-8-4-6-15-5-2-3-7-16(15)18/h2-8,14H,9-13H2,1H3,(H,25,29). The number of hydrogen-bond donors (Lipinski definition) is 1. The number of carbonyl (C=O) groups is 1. The highest BCUT2D eigenvalue weighted by Gasteiger charge is 2.26. The molecule has 31 heavy (non-hydrogen) atoms. The summed E-state index contributed by atoms with van der Waals surface area (Å²) in [5.41, 5.74) is 1.79. The van der Waals surface area contributed by atoms with Crippen LogP contribution in [0.15, 0.2) is 53.6 Å². The molecule has 0 saturated carbocycles. The van der Waals surface area contributed by atoms with E-state index in [-0.39, 0.29) is 11.6 Å². The van der Waals surface area contributed by atoms with E-state index in [4.69, 9.17) is 4.74 Å². The minimum absolute atomic E-state index is 0.0341. The summed E-state index contributed by atoms with van der Waals surface area (Å²) >= 11 is 1.50. The number of ether oxygens (including phenoxy) is 1. The Hall–Kier alpha value is -3.23. The average Bonchev–Trinajstić information content (AvgIpc) is 3.17. The van der Waals surface area contributed by atoms with Crippen LogP contribution in [0.3, 0.4) is 0 Å². The molecule has 1 aliphatic rings. The zero-order chi connectivity index (χ0) is 21.4. The molecule has 7 nitrogen and oxygen atoms in total. The number of carbonyl (C=O) groups excluding carboxylic acids is 1. The molecule has 0 radical (unpaired) electrons. The number of fused-ring (bicyclic) bond motifs is 4. The first-order chi connectivity index (χ1) is 15.2. The number of thiophene rings is 1. The Balaban J connectivity index is 1.40. The fourth-order valence-electron chi connectivity index (χ4n) is 4.07. The molecule has 0 saturated heterocycles. The van der Waals surface area contributed by atoms with Gasteiger partial charge in [-0.2, -0.15) is 0 Å². The lowest BCUT2D eigenvalue weighted by Gasteiger charge is -2.27. The Morgan fingerprint density at radius 2 is 2.06 bits per heavy atom. The molecule has 0 bridgehead atoms. The monoisotopic (exact) mass is 434 g/mol. The number of hydrogen-bond acceptors (Lipinski definition) is 5. The molecule has 158 valence electrons. The Bertz CT molecular complexity index is 1340. The largest absolute Gasteiger partial charge is 0.383 e. The summed E-state index contributed by atoms with van der Waals surface area (Å²) in [6, 6.07) is 13.7. The number of nitrogens with zero attached hydrogens (tertiary/aromatic N) is 3. The maximum absolute atomic E-state index is 13.0. The predicted molar refractivity (Wildman–Crippen MR) is 123 cm³/mol. The average molecular weight is 435 g/mol. The van der Waals surface area contributed by atoms with E-state index in [2.05, 4.69) is 10.3 Å². The van der Waals surface area contributed by atoms with Gasteiger partial charge in [0.15, 0.2) is 0 Å². The maximum Gasteiger partial charge on any atom is 0.322 e. The number of urea groups is 1. The van der Waals surface area contributed by atoms with Gasteiger partial charge in [0.05, 0.1) is 37.1 Å². The molecule has 0 aliphatic carbocycles. The van der Waals surface area contributed by atoms with Gasteiger partial charge in [-0.15, -0.1) is 11.3 Å². The second kappa shape index (κ2) is 8.13. The molecular formula is C23H22N4O3S. The highest BCUT2D eigenvalue weighted by atomic mass is 32.1. The number of aromatic nitrogens is 2. The molecule has 2 aromatic carbocycles. The van der Waals surface area contributed by atoms with Crippen molar-refractivity contribution in [3.05, 3.63) is 69.6 Å². The van der Waals surface area contributed by atoms with Crippen LogP contribution in [0.2, 0.25) is 0 Å². The molecule has 1 aliphatic heterocycles. The summed E-state index contributed by atoms with van der Waals surface area (Å²) in [4.78, 5) is 34.0. The van der Waals surface area contributed by atoms with E-state index in [1.807, 2.05) is 42.5 Å². The van der Waals surface area contributed by atoms with Crippen molar-refractivity contribution in [2.75, 3.05) is 25.6 Å². The van der Waals surface area contributed by atoms with Gasteiger partial charge in [-0.05, 0) is 23.4 Å². The zero-order valence-electron chi connectivity index (χ0n) is 17.1. The van der Waals surface area contributed by atoms with Gasteiger partial charge in [-0.3, -0.25) is 9.36 Å². The first-order valence-electron chi connectivity index (χ1n) is 10.2. The molecule has 0 spiro atoms. The van der Waals surface area contributed by atoms with E-state index in [1.54, 1.807) is 22.9 Å². The van der Waals surface area contributed by atoms with E-state index in [1.165, 1.54) is 11.3 Å². The summed E-state index contributed by atoms with van der Waals surface area (Å²) in [5.74, 6) is 0. The van der Waals surface area contributed by atoms with Crippen LogP contribution in [-0.2, 0) is 24.2 Å². The number of anilines is 1. The summed E-state index contributed by atoms with van der Waals surface area (Å²) in [7, 11) is 1.61. The van der Waals surface area contributed by atoms with Gasteiger partial charge in [-0.25, -0.2) is 9.78 Å². The number of nitrogens with one attached hydrogen (secondary N) is 1. The molecule has 0 fully saturated rings. The molecule has 8 heteroatoms. The van der Waals surface area contributed by atoms with E-state index in [9.17, 15) is 9.59 Å². The maximum atomic E-state index is 13.0. The molecular weight excluding hydrogens is 412 g/mol. The Morgan fingerprint density at radius 3 is 2.94 bits per heavy atom. The SMILES string of the molecule is COCCn1cnc2sc3c(c2c1=O)CCN(C(=O)Nc1cccc2ccccc12)C3. The van der Waals surface area contributed by atoms with Gasteiger partial charge in [0.2, 0.25) is 0 Å². The quantitative estimate of drug-likeness (QED) is 0.529. The van der Waals surface area contributed by atoms with Crippen LogP contribution in [0.1, 0.15) is 10.4 Å². The third-order valence-corrected chi connectivity index (χ3v) is 6.81. The topological polar surface area (TPSA) is 76.5 Å². The Kier molecular flexibility index (Phi) is 5.17. The first kappa shape index (κ1) is 19.7. The number of benzene rings is 2. The van der Waals surface area contributed by atoms with Gasteiger partial charge in [0.25, 0.3) is 5.56 Å². The second-order valence-corrected chi connectivity index (χ2v) is 8.63. The highest BCUT2D eigenvalue weighted by Crippen LogP contribution is 2.32. The van der Waals surface area contributed by atoms with Gasteiger partial charge >= 0.3 is 6.03 Å².